The lowest BCUT2D eigenvalue weighted by Crippen LogP contribution is -1.86. The molecule has 8 heteroatoms. The second kappa shape index (κ2) is 6.19. The highest BCUT2D eigenvalue weighted by atomic mass is 32.1. The van der Waals surface area contributed by atoms with E-state index in [1.807, 2.05) is 24.3 Å². The number of furan rings is 1. The van der Waals surface area contributed by atoms with Crippen LogP contribution in [0.2, 0.25) is 0 Å². The average Bonchev–Trinajstić information content (AvgIpc) is 3.12. The van der Waals surface area contributed by atoms with Crippen LogP contribution in [0.3, 0.4) is 0 Å². The van der Waals surface area contributed by atoms with E-state index in [4.69, 9.17) is 4.42 Å². The van der Waals surface area contributed by atoms with Crippen molar-refractivity contribution in [2.75, 3.05) is 5.43 Å². The highest BCUT2D eigenvalue weighted by Crippen LogP contribution is 2.25. The van der Waals surface area contributed by atoms with Crippen LogP contribution < -0.4 is 5.43 Å². The van der Waals surface area contributed by atoms with Crippen LogP contribution in [0.1, 0.15) is 5.76 Å². The Bertz CT molecular complexity index is 833. The number of anilines is 1. The first-order valence-corrected chi connectivity index (χ1v) is 7.09. The molecule has 22 heavy (non-hydrogen) atoms. The molecule has 110 valence electrons. The number of hydrazone groups is 1. The summed E-state index contributed by atoms with van der Waals surface area (Å²) in [5.41, 5.74) is 3.75. The predicted octanol–water partition coefficient (Wildman–Crippen LogP) is 3.91. The minimum Gasteiger partial charge on any atom is -0.401 e. The second-order valence-corrected chi connectivity index (χ2v) is 5.20. The van der Waals surface area contributed by atoms with Gasteiger partial charge in [-0.2, -0.15) is 5.10 Å². The summed E-state index contributed by atoms with van der Waals surface area (Å²) < 4.78 is 6.05. The molecule has 0 aliphatic heterocycles. The molecule has 0 atom stereocenters. The summed E-state index contributed by atoms with van der Waals surface area (Å²) >= 11 is 1.50. The van der Waals surface area contributed by atoms with Gasteiger partial charge in [0.25, 0.3) is 0 Å². The standard InChI is InChI=1S/C14H10N4O3S/c19-18(20)13-8-7-10(21-13)4-3-9-15-17-14-16-11-5-1-2-6-12(11)22-14/h1-9H,(H,16,17)/b4-3+,15-9+. The number of hydrogen-bond acceptors (Lipinski definition) is 7. The van der Waals surface area contributed by atoms with Crippen molar-refractivity contribution in [2.45, 2.75) is 0 Å². The lowest BCUT2D eigenvalue weighted by Gasteiger charge is -1.89. The van der Waals surface area contributed by atoms with E-state index in [-0.39, 0.29) is 5.88 Å². The Morgan fingerprint density at radius 1 is 1.32 bits per heavy atom. The zero-order valence-corrected chi connectivity index (χ0v) is 12.0. The van der Waals surface area contributed by atoms with E-state index in [9.17, 15) is 10.1 Å². The number of hydrogen-bond donors (Lipinski definition) is 1. The van der Waals surface area contributed by atoms with Crippen LogP contribution in [0.4, 0.5) is 11.0 Å². The zero-order chi connectivity index (χ0) is 15.4. The summed E-state index contributed by atoms with van der Waals surface area (Å²) in [6.07, 6.45) is 4.71. The second-order valence-electron chi connectivity index (χ2n) is 4.17. The molecule has 1 aromatic carbocycles. The van der Waals surface area contributed by atoms with Crippen molar-refractivity contribution < 1.29 is 9.34 Å². The third-order valence-electron chi connectivity index (χ3n) is 2.67. The molecule has 0 radical (unpaired) electrons. The SMILES string of the molecule is O=[N+]([O-])c1ccc(/C=C/C=N/Nc2nc3ccccc3s2)o1. The fourth-order valence-corrected chi connectivity index (χ4v) is 2.54. The average molecular weight is 314 g/mol. The minimum absolute atomic E-state index is 0.288. The molecule has 2 aromatic heterocycles. The van der Waals surface area contributed by atoms with E-state index in [1.165, 1.54) is 29.7 Å². The van der Waals surface area contributed by atoms with Crippen LogP contribution in [-0.2, 0) is 0 Å². The molecule has 0 fully saturated rings. The quantitative estimate of drug-likeness (QED) is 0.438. The number of aromatic nitrogens is 1. The third-order valence-corrected chi connectivity index (χ3v) is 3.61. The van der Waals surface area contributed by atoms with Crippen molar-refractivity contribution in [3.63, 3.8) is 0 Å². The number of nitro groups is 1. The predicted molar refractivity (Wildman–Crippen MR) is 86.1 cm³/mol. The third kappa shape index (κ3) is 3.18. The van der Waals surface area contributed by atoms with E-state index in [2.05, 4.69) is 15.5 Å². The number of nitrogens with zero attached hydrogens (tertiary/aromatic N) is 3. The van der Waals surface area contributed by atoms with Gasteiger partial charge < -0.3 is 4.42 Å². The summed E-state index contributed by atoms with van der Waals surface area (Å²) in [5.74, 6) is 0.0994. The largest absolute Gasteiger partial charge is 0.433 e. The van der Waals surface area contributed by atoms with Crippen molar-refractivity contribution in [3.8, 4) is 0 Å². The molecular weight excluding hydrogens is 304 g/mol. The Hall–Kier alpha value is -3.00. The molecule has 0 saturated heterocycles. The summed E-state index contributed by atoms with van der Waals surface area (Å²) in [5, 5.41) is 15.2. The summed E-state index contributed by atoms with van der Waals surface area (Å²) in [4.78, 5) is 14.3. The van der Waals surface area contributed by atoms with Gasteiger partial charge >= 0.3 is 5.88 Å². The van der Waals surface area contributed by atoms with Gasteiger partial charge in [-0.1, -0.05) is 23.5 Å². The summed E-state index contributed by atoms with van der Waals surface area (Å²) in [6.45, 7) is 0. The summed E-state index contributed by atoms with van der Waals surface area (Å²) in [6, 6.07) is 10.6. The Kier molecular flexibility index (Phi) is 3.92. The molecule has 2 heterocycles. The van der Waals surface area contributed by atoms with Crippen molar-refractivity contribution in [1.29, 1.82) is 0 Å². The molecule has 0 aliphatic rings. The van der Waals surface area contributed by atoms with E-state index in [0.717, 1.165) is 10.2 Å². The van der Waals surface area contributed by atoms with Crippen molar-refractivity contribution in [3.05, 3.63) is 58.3 Å². The molecule has 0 amide bonds. The van der Waals surface area contributed by atoms with Crippen LogP contribution in [0.25, 0.3) is 16.3 Å². The Morgan fingerprint density at radius 3 is 2.95 bits per heavy atom. The van der Waals surface area contributed by atoms with Crippen LogP contribution in [0, 0.1) is 10.1 Å². The van der Waals surface area contributed by atoms with Crippen molar-refractivity contribution >= 4 is 44.9 Å². The van der Waals surface area contributed by atoms with Gasteiger partial charge in [-0.15, -0.1) is 0 Å². The minimum atomic E-state index is -0.583. The Labute approximate surface area is 128 Å². The van der Waals surface area contributed by atoms with Gasteiger partial charge in [0, 0.05) is 6.21 Å². The smallest absolute Gasteiger partial charge is 0.401 e. The Balaban J connectivity index is 1.59. The highest BCUT2D eigenvalue weighted by Gasteiger charge is 2.09. The molecule has 3 rings (SSSR count). The number of nitrogens with one attached hydrogen (secondary N) is 1. The van der Waals surface area contributed by atoms with Gasteiger partial charge in [-0.25, -0.2) is 4.98 Å². The van der Waals surface area contributed by atoms with Gasteiger partial charge in [0.15, 0.2) is 0 Å². The van der Waals surface area contributed by atoms with E-state index >= 15 is 0 Å². The van der Waals surface area contributed by atoms with Crippen molar-refractivity contribution in [1.82, 2.24) is 4.98 Å². The van der Waals surface area contributed by atoms with Gasteiger partial charge in [0.1, 0.15) is 10.7 Å². The number of rotatable bonds is 5. The Morgan fingerprint density at radius 2 is 2.18 bits per heavy atom. The number of para-hydroxylation sites is 1. The van der Waals surface area contributed by atoms with Crippen molar-refractivity contribution in [2.24, 2.45) is 5.10 Å². The maximum Gasteiger partial charge on any atom is 0.433 e. The van der Waals surface area contributed by atoms with Gasteiger partial charge in [0.05, 0.1) is 16.3 Å². The number of benzene rings is 1. The number of fused-ring (bicyclic) bond motifs is 1. The van der Waals surface area contributed by atoms with E-state index in [0.29, 0.717) is 10.9 Å². The topological polar surface area (TPSA) is 93.6 Å². The lowest BCUT2D eigenvalue weighted by molar-refractivity contribution is -0.402. The van der Waals surface area contributed by atoms with Gasteiger partial charge in [0.2, 0.25) is 5.13 Å². The van der Waals surface area contributed by atoms with Gasteiger partial charge in [-0.3, -0.25) is 15.5 Å². The molecule has 7 nitrogen and oxygen atoms in total. The van der Waals surface area contributed by atoms with E-state index in [1.54, 1.807) is 12.2 Å². The molecule has 0 unspecified atom stereocenters. The fourth-order valence-electron chi connectivity index (χ4n) is 1.72. The molecule has 3 aromatic rings. The highest BCUT2D eigenvalue weighted by molar-refractivity contribution is 7.22. The van der Waals surface area contributed by atoms with E-state index < -0.39 is 4.92 Å². The first kappa shape index (κ1) is 14.0. The molecule has 0 spiro atoms. The van der Waals surface area contributed by atoms with Crippen LogP contribution >= 0.6 is 11.3 Å². The number of allylic oxidation sites excluding steroid dienone is 1. The lowest BCUT2D eigenvalue weighted by atomic mass is 10.3. The molecule has 0 aliphatic carbocycles. The summed E-state index contributed by atoms with van der Waals surface area (Å²) in [7, 11) is 0. The molecule has 1 N–H and O–H groups in total. The normalized spacial score (nSPS) is 11.6. The molecule has 0 saturated carbocycles. The molecular formula is C14H10N4O3S. The van der Waals surface area contributed by atoms with Crippen LogP contribution in [-0.4, -0.2) is 16.1 Å². The molecule has 0 bridgehead atoms. The van der Waals surface area contributed by atoms with Gasteiger partial charge in [-0.05, 0) is 30.4 Å². The fraction of sp³-hybridized carbons (Fsp3) is 0. The maximum atomic E-state index is 10.5. The maximum absolute atomic E-state index is 10.5. The van der Waals surface area contributed by atoms with Crippen LogP contribution in [0.5, 0.6) is 0 Å². The first-order chi connectivity index (χ1) is 10.7. The number of thiazole rings is 1. The van der Waals surface area contributed by atoms with Crippen LogP contribution in [0.15, 0.2) is 52.0 Å². The first-order valence-electron chi connectivity index (χ1n) is 6.28. The monoisotopic (exact) mass is 314 g/mol. The zero-order valence-electron chi connectivity index (χ0n) is 11.2.